The van der Waals surface area contributed by atoms with Crippen molar-refractivity contribution >= 4 is 17.2 Å². The monoisotopic (exact) mass is 185 g/mol. The number of hydrogen-bond donors (Lipinski definition) is 2. The molecule has 66 valence electrons. The Kier molecular flexibility index (Phi) is 3.69. The molecule has 1 amide bonds. The van der Waals surface area contributed by atoms with E-state index in [4.69, 9.17) is 5.73 Å². The first-order chi connectivity index (χ1) is 5.83. The van der Waals surface area contributed by atoms with Crippen molar-refractivity contribution in [2.75, 3.05) is 6.54 Å². The third kappa shape index (κ3) is 2.98. The van der Waals surface area contributed by atoms with Crippen LogP contribution in [0, 0.1) is 0 Å². The van der Waals surface area contributed by atoms with Crippen LogP contribution in [0.2, 0.25) is 0 Å². The lowest BCUT2D eigenvalue weighted by molar-refractivity contribution is -0.121. The van der Waals surface area contributed by atoms with Crippen molar-refractivity contribution in [3.63, 3.8) is 0 Å². The maximum atomic E-state index is 10.9. The first-order valence-electron chi connectivity index (χ1n) is 3.66. The molecule has 0 aliphatic carbocycles. The number of thiazole rings is 1. The van der Waals surface area contributed by atoms with Gasteiger partial charge >= 0.3 is 0 Å². The summed E-state index contributed by atoms with van der Waals surface area (Å²) >= 11 is 1.52. The van der Waals surface area contributed by atoms with Crippen molar-refractivity contribution in [2.45, 2.75) is 13.0 Å². The number of carbonyl (C=O) groups excluding carboxylic acids is 1. The number of hydrogen-bond acceptors (Lipinski definition) is 4. The fourth-order valence-corrected chi connectivity index (χ4v) is 1.29. The van der Waals surface area contributed by atoms with Crippen LogP contribution in [0.1, 0.15) is 12.1 Å². The van der Waals surface area contributed by atoms with Crippen LogP contribution in [-0.2, 0) is 11.3 Å². The molecule has 0 unspecified atom stereocenters. The molecular formula is C7H11N3OS. The number of carbonyl (C=O) groups is 1. The highest BCUT2D eigenvalue weighted by molar-refractivity contribution is 7.07. The second-order valence-electron chi connectivity index (χ2n) is 2.30. The smallest absolute Gasteiger partial charge is 0.221 e. The van der Waals surface area contributed by atoms with E-state index >= 15 is 0 Å². The molecule has 4 nitrogen and oxygen atoms in total. The van der Waals surface area contributed by atoms with E-state index in [1.807, 2.05) is 5.38 Å². The molecule has 0 fully saturated rings. The van der Waals surface area contributed by atoms with E-state index in [0.717, 1.165) is 5.69 Å². The van der Waals surface area contributed by atoms with Crippen molar-refractivity contribution in [3.8, 4) is 0 Å². The lowest BCUT2D eigenvalue weighted by Crippen LogP contribution is -2.25. The zero-order valence-electron chi connectivity index (χ0n) is 6.62. The minimum Gasteiger partial charge on any atom is -0.350 e. The molecular weight excluding hydrogens is 174 g/mol. The summed E-state index contributed by atoms with van der Waals surface area (Å²) in [5.41, 5.74) is 7.84. The lowest BCUT2D eigenvalue weighted by atomic mass is 10.4. The van der Waals surface area contributed by atoms with Gasteiger partial charge in [0, 0.05) is 18.3 Å². The number of aromatic nitrogens is 1. The third-order valence-corrected chi connectivity index (χ3v) is 1.96. The van der Waals surface area contributed by atoms with Crippen LogP contribution in [0.5, 0.6) is 0 Å². The lowest BCUT2D eigenvalue weighted by Gasteiger charge is -2.00. The van der Waals surface area contributed by atoms with Crippen molar-refractivity contribution in [1.29, 1.82) is 0 Å². The maximum Gasteiger partial charge on any atom is 0.221 e. The van der Waals surface area contributed by atoms with Gasteiger partial charge in [-0.2, -0.15) is 0 Å². The summed E-state index contributed by atoms with van der Waals surface area (Å²) in [6, 6.07) is 0. The Morgan fingerprint density at radius 1 is 1.75 bits per heavy atom. The Hall–Kier alpha value is -0.940. The Labute approximate surface area is 74.8 Å². The van der Waals surface area contributed by atoms with Gasteiger partial charge in [-0.25, -0.2) is 4.98 Å². The van der Waals surface area contributed by atoms with Crippen LogP contribution < -0.4 is 11.1 Å². The molecule has 1 aromatic heterocycles. The zero-order chi connectivity index (χ0) is 8.81. The first kappa shape index (κ1) is 9.15. The molecule has 1 heterocycles. The second kappa shape index (κ2) is 4.84. The van der Waals surface area contributed by atoms with E-state index in [2.05, 4.69) is 10.3 Å². The van der Waals surface area contributed by atoms with Crippen LogP contribution >= 0.6 is 11.3 Å². The molecule has 12 heavy (non-hydrogen) atoms. The molecule has 0 aliphatic rings. The minimum absolute atomic E-state index is 0.0227. The largest absolute Gasteiger partial charge is 0.350 e. The van der Waals surface area contributed by atoms with E-state index in [9.17, 15) is 4.79 Å². The normalized spacial score (nSPS) is 9.75. The Morgan fingerprint density at radius 2 is 2.58 bits per heavy atom. The summed E-state index contributed by atoms with van der Waals surface area (Å²) in [6.07, 6.45) is 0.379. The highest BCUT2D eigenvalue weighted by atomic mass is 32.1. The number of nitrogens with two attached hydrogens (primary N) is 1. The van der Waals surface area contributed by atoms with Gasteiger partial charge in [0.2, 0.25) is 5.91 Å². The van der Waals surface area contributed by atoms with Gasteiger partial charge in [-0.1, -0.05) is 0 Å². The number of nitrogens with one attached hydrogen (secondary N) is 1. The van der Waals surface area contributed by atoms with Gasteiger partial charge in [-0.15, -0.1) is 11.3 Å². The van der Waals surface area contributed by atoms with Crippen molar-refractivity contribution < 1.29 is 4.79 Å². The van der Waals surface area contributed by atoms with E-state index < -0.39 is 0 Å². The van der Waals surface area contributed by atoms with Crippen molar-refractivity contribution in [2.24, 2.45) is 5.73 Å². The van der Waals surface area contributed by atoms with Gasteiger partial charge in [0.15, 0.2) is 0 Å². The third-order valence-electron chi connectivity index (χ3n) is 1.32. The Morgan fingerprint density at radius 3 is 3.17 bits per heavy atom. The minimum atomic E-state index is -0.0227. The fourth-order valence-electron chi connectivity index (χ4n) is 0.733. The summed E-state index contributed by atoms with van der Waals surface area (Å²) in [5.74, 6) is -0.0227. The number of amides is 1. The topological polar surface area (TPSA) is 68.0 Å². The molecule has 0 aliphatic heterocycles. The number of nitrogens with zero attached hydrogens (tertiary/aromatic N) is 1. The molecule has 0 atom stereocenters. The summed E-state index contributed by atoms with van der Waals surface area (Å²) in [5, 5.41) is 4.62. The molecule has 0 bridgehead atoms. The van der Waals surface area contributed by atoms with E-state index in [0.29, 0.717) is 19.5 Å². The van der Waals surface area contributed by atoms with Gasteiger partial charge in [-0.3, -0.25) is 4.79 Å². The fraction of sp³-hybridized carbons (Fsp3) is 0.429. The molecule has 3 N–H and O–H groups in total. The predicted molar refractivity (Wildman–Crippen MR) is 47.6 cm³/mol. The van der Waals surface area contributed by atoms with Crippen molar-refractivity contribution in [1.82, 2.24) is 10.3 Å². The number of rotatable bonds is 4. The molecule has 0 aromatic carbocycles. The molecule has 0 saturated carbocycles. The SMILES string of the molecule is NCCC(=O)NCc1cscn1. The van der Waals surface area contributed by atoms with E-state index in [1.165, 1.54) is 11.3 Å². The van der Waals surface area contributed by atoms with Crippen LogP contribution in [0.3, 0.4) is 0 Å². The predicted octanol–water partition coefficient (Wildman–Crippen LogP) is 0.108. The zero-order valence-corrected chi connectivity index (χ0v) is 7.43. The van der Waals surface area contributed by atoms with Crippen LogP contribution in [0.15, 0.2) is 10.9 Å². The summed E-state index contributed by atoms with van der Waals surface area (Å²) < 4.78 is 0. The molecule has 0 radical (unpaired) electrons. The van der Waals surface area contributed by atoms with Gasteiger partial charge in [0.05, 0.1) is 17.7 Å². The first-order valence-corrected chi connectivity index (χ1v) is 4.61. The standard InChI is InChI=1S/C7H11N3OS/c8-2-1-7(11)9-3-6-4-12-5-10-6/h4-5H,1-3,8H2,(H,9,11). The van der Waals surface area contributed by atoms with Crippen LogP contribution in [0.25, 0.3) is 0 Å². The quantitative estimate of drug-likeness (QED) is 0.699. The van der Waals surface area contributed by atoms with Crippen molar-refractivity contribution in [3.05, 3.63) is 16.6 Å². The Bertz CT molecular complexity index is 235. The molecule has 1 aromatic rings. The average molecular weight is 185 g/mol. The van der Waals surface area contributed by atoms with Crippen LogP contribution in [0.4, 0.5) is 0 Å². The Balaban J connectivity index is 2.22. The maximum absolute atomic E-state index is 10.9. The average Bonchev–Trinajstić information content (AvgIpc) is 2.53. The summed E-state index contributed by atoms with van der Waals surface area (Å²) in [6.45, 7) is 0.894. The van der Waals surface area contributed by atoms with Gasteiger partial charge in [0.25, 0.3) is 0 Å². The summed E-state index contributed by atoms with van der Waals surface area (Å²) in [4.78, 5) is 14.9. The molecule has 5 heteroatoms. The second-order valence-corrected chi connectivity index (χ2v) is 3.01. The highest BCUT2D eigenvalue weighted by Crippen LogP contribution is 1.99. The molecule has 1 rings (SSSR count). The van der Waals surface area contributed by atoms with Gasteiger partial charge in [-0.05, 0) is 0 Å². The summed E-state index contributed by atoms with van der Waals surface area (Å²) in [7, 11) is 0. The highest BCUT2D eigenvalue weighted by Gasteiger charge is 1.99. The van der Waals surface area contributed by atoms with Gasteiger partial charge in [0.1, 0.15) is 0 Å². The van der Waals surface area contributed by atoms with Gasteiger partial charge < -0.3 is 11.1 Å². The van der Waals surface area contributed by atoms with Crippen LogP contribution in [-0.4, -0.2) is 17.4 Å². The molecule has 0 spiro atoms. The molecule has 0 saturated heterocycles. The van der Waals surface area contributed by atoms with E-state index in [-0.39, 0.29) is 5.91 Å². The van der Waals surface area contributed by atoms with E-state index in [1.54, 1.807) is 5.51 Å².